The second-order valence-corrected chi connectivity index (χ2v) is 6.54. The number of carbonyl (C=O) groups is 1. The van der Waals surface area contributed by atoms with Crippen LogP contribution in [0, 0.1) is 5.41 Å². The molecule has 3 nitrogen and oxygen atoms in total. The van der Waals surface area contributed by atoms with Gasteiger partial charge in [0, 0.05) is 28.4 Å². The quantitative estimate of drug-likeness (QED) is 0.795. The minimum Gasteiger partial charge on any atom is -0.352 e. The molecule has 2 atom stereocenters. The van der Waals surface area contributed by atoms with E-state index in [1.165, 1.54) is 10.9 Å². The van der Waals surface area contributed by atoms with Gasteiger partial charge in [-0.05, 0) is 38.4 Å². The molecule has 2 aromatic rings. The van der Waals surface area contributed by atoms with Crippen molar-refractivity contribution < 1.29 is 4.79 Å². The van der Waals surface area contributed by atoms with E-state index in [9.17, 15) is 4.79 Å². The van der Waals surface area contributed by atoms with Gasteiger partial charge in [-0.15, -0.1) is 0 Å². The molecule has 0 amide bonds. The molecule has 0 saturated carbocycles. The number of nitrogens with zero attached hydrogens (tertiary/aromatic N) is 1. The highest BCUT2D eigenvalue weighted by atomic mass is 16.1. The Morgan fingerprint density at radius 3 is 2.95 bits per heavy atom. The molecule has 0 aliphatic carbocycles. The molecule has 3 heterocycles. The lowest BCUT2D eigenvalue weighted by atomic mass is 9.76. The first kappa shape index (κ1) is 12.2. The fourth-order valence-electron chi connectivity index (χ4n) is 3.80. The molecule has 1 saturated heterocycles. The molecular formula is C17H20N2O. The van der Waals surface area contributed by atoms with Crippen LogP contribution in [-0.2, 0) is 6.54 Å². The van der Waals surface area contributed by atoms with Crippen molar-refractivity contribution in [1.29, 1.82) is 0 Å². The molecule has 2 aliphatic rings. The summed E-state index contributed by atoms with van der Waals surface area (Å²) in [6.45, 7) is 5.21. The smallest absolute Gasteiger partial charge is 0.185 e. The Morgan fingerprint density at radius 2 is 2.05 bits per heavy atom. The highest BCUT2D eigenvalue weighted by Gasteiger charge is 2.39. The van der Waals surface area contributed by atoms with Crippen LogP contribution in [0.15, 0.2) is 24.3 Å². The summed E-state index contributed by atoms with van der Waals surface area (Å²) in [6.07, 6.45) is 3.13. The standard InChI is InChI=1S/C17H20N2O/c1-17-7-4-9-19(10-8-17)11-13-12-5-2-3-6-14(12)18-15(13)16(17)20/h2-3,5-6,18H,4,7-11H2,1H3. The van der Waals surface area contributed by atoms with Crippen LogP contribution in [0.25, 0.3) is 10.9 Å². The molecule has 0 spiro atoms. The van der Waals surface area contributed by atoms with Crippen LogP contribution in [0.5, 0.6) is 0 Å². The van der Waals surface area contributed by atoms with Crippen LogP contribution in [0.2, 0.25) is 0 Å². The van der Waals surface area contributed by atoms with Gasteiger partial charge < -0.3 is 4.98 Å². The van der Waals surface area contributed by atoms with Gasteiger partial charge >= 0.3 is 0 Å². The number of hydrogen-bond donors (Lipinski definition) is 1. The van der Waals surface area contributed by atoms with Crippen LogP contribution in [0.1, 0.15) is 42.2 Å². The fraction of sp³-hybridized carbons (Fsp3) is 0.471. The van der Waals surface area contributed by atoms with E-state index in [-0.39, 0.29) is 5.41 Å². The molecule has 2 bridgehead atoms. The third-order valence-corrected chi connectivity index (χ3v) is 5.15. The SMILES string of the molecule is CC12CCCN(CC1)Cc1c([nH]c3ccccc13)C2=O. The molecule has 2 aliphatic heterocycles. The van der Waals surface area contributed by atoms with Crippen LogP contribution in [0.3, 0.4) is 0 Å². The predicted octanol–water partition coefficient (Wildman–Crippen LogP) is 3.36. The molecule has 20 heavy (non-hydrogen) atoms. The van der Waals surface area contributed by atoms with Crippen LogP contribution < -0.4 is 0 Å². The van der Waals surface area contributed by atoms with E-state index in [4.69, 9.17) is 0 Å². The van der Waals surface area contributed by atoms with E-state index in [1.807, 2.05) is 6.07 Å². The second-order valence-electron chi connectivity index (χ2n) is 6.54. The summed E-state index contributed by atoms with van der Waals surface area (Å²) in [5.74, 6) is 0.324. The highest BCUT2D eigenvalue weighted by Crippen LogP contribution is 2.39. The Bertz CT molecular complexity index is 687. The zero-order chi connectivity index (χ0) is 13.7. The number of H-pyrrole nitrogens is 1. The van der Waals surface area contributed by atoms with Crippen molar-refractivity contribution in [2.45, 2.75) is 32.7 Å². The van der Waals surface area contributed by atoms with E-state index in [0.717, 1.165) is 50.1 Å². The minimum atomic E-state index is -0.190. The molecule has 1 fully saturated rings. The Morgan fingerprint density at radius 1 is 1.20 bits per heavy atom. The van der Waals surface area contributed by atoms with Gasteiger partial charge in [-0.25, -0.2) is 0 Å². The minimum absolute atomic E-state index is 0.190. The summed E-state index contributed by atoms with van der Waals surface area (Å²) >= 11 is 0. The van der Waals surface area contributed by atoms with Gasteiger partial charge in [0.25, 0.3) is 0 Å². The predicted molar refractivity (Wildman–Crippen MR) is 79.9 cm³/mol. The molecule has 4 rings (SSSR count). The third kappa shape index (κ3) is 1.66. The molecule has 1 aromatic heterocycles. The lowest BCUT2D eigenvalue weighted by Gasteiger charge is -2.29. The van der Waals surface area contributed by atoms with E-state index in [0.29, 0.717) is 5.78 Å². The van der Waals surface area contributed by atoms with E-state index in [2.05, 4.69) is 35.0 Å². The number of para-hydroxylation sites is 1. The van der Waals surface area contributed by atoms with E-state index < -0.39 is 0 Å². The molecule has 0 radical (unpaired) electrons. The Balaban J connectivity index is 1.97. The maximum absolute atomic E-state index is 13.0. The number of fused-ring (bicyclic) bond motifs is 6. The Hall–Kier alpha value is -1.61. The highest BCUT2D eigenvalue weighted by molar-refractivity contribution is 6.05. The van der Waals surface area contributed by atoms with Crippen molar-refractivity contribution in [3.8, 4) is 0 Å². The van der Waals surface area contributed by atoms with Crippen LogP contribution >= 0.6 is 0 Å². The molecular weight excluding hydrogens is 248 g/mol. The normalized spacial score (nSPS) is 29.9. The zero-order valence-corrected chi connectivity index (χ0v) is 11.9. The summed E-state index contributed by atoms with van der Waals surface area (Å²) in [6, 6.07) is 8.29. The number of carbonyl (C=O) groups excluding carboxylic acids is 1. The van der Waals surface area contributed by atoms with Crippen molar-refractivity contribution >= 4 is 16.7 Å². The first-order valence-corrected chi connectivity index (χ1v) is 7.54. The van der Waals surface area contributed by atoms with Crippen molar-refractivity contribution in [1.82, 2.24) is 9.88 Å². The number of benzene rings is 1. The summed E-state index contributed by atoms with van der Waals surface area (Å²) in [5.41, 5.74) is 2.97. The fourth-order valence-corrected chi connectivity index (χ4v) is 3.80. The second kappa shape index (κ2) is 4.19. The first-order valence-electron chi connectivity index (χ1n) is 7.54. The number of aromatic nitrogens is 1. The van der Waals surface area contributed by atoms with Gasteiger partial charge in [0.15, 0.2) is 5.78 Å². The average molecular weight is 268 g/mol. The topological polar surface area (TPSA) is 36.1 Å². The summed E-state index contributed by atoms with van der Waals surface area (Å²) < 4.78 is 0. The lowest BCUT2D eigenvalue weighted by molar-refractivity contribution is 0.0775. The Kier molecular flexibility index (Phi) is 2.55. The maximum atomic E-state index is 13.0. The number of aromatic amines is 1. The van der Waals surface area contributed by atoms with Crippen molar-refractivity contribution in [2.75, 3.05) is 13.1 Å². The van der Waals surface area contributed by atoms with Crippen LogP contribution in [-0.4, -0.2) is 28.8 Å². The zero-order valence-electron chi connectivity index (χ0n) is 11.9. The van der Waals surface area contributed by atoms with Crippen molar-refractivity contribution in [2.24, 2.45) is 5.41 Å². The summed E-state index contributed by atoms with van der Waals surface area (Å²) in [4.78, 5) is 18.9. The largest absolute Gasteiger partial charge is 0.352 e. The number of nitrogens with one attached hydrogen (secondary N) is 1. The van der Waals surface area contributed by atoms with Gasteiger partial charge in [-0.1, -0.05) is 25.1 Å². The number of Topliss-reactive ketones (excluding diaryl/α,β-unsaturated/α-hetero) is 1. The van der Waals surface area contributed by atoms with Crippen molar-refractivity contribution in [3.63, 3.8) is 0 Å². The van der Waals surface area contributed by atoms with Crippen LogP contribution in [0.4, 0.5) is 0 Å². The number of hydrogen-bond acceptors (Lipinski definition) is 2. The molecule has 104 valence electrons. The molecule has 3 heteroatoms. The summed E-state index contributed by atoms with van der Waals surface area (Å²) in [7, 11) is 0. The Labute approximate surface area is 119 Å². The van der Waals surface area contributed by atoms with Gasteiger partial charge in [0.2, 0.25) is 0 Å². The number of ketones is 1. The van der Waals surface area contributed by atoms with Gasteiger partial charge in [0.05, 0.1) is 5.69 Å². The molecule has 1 aromatic carbocycles. The van der Waals surface area contributed by atoms with Gasteiger partial charge in [-0.2, -0.15) is 0 Å². The van der Waals surface area contributed by atoms with E-state index >= 15 is 0 Å². The van der Waals surface area contributed by atoms with E-state index in [1.54, 1.807) is 0 Å². The molecule has 2 unspecified atom stereocenters. The van der Waals surface area contributed by atoms with Gasteiger partial charge in [0.1, 0.15) is 0 Å². The maximum Gasteiger partial charge on any atom is 0.185 e. The van der Waals surface area contributed by atoms with Gasteiger partial charge in [-0.3, -0.25) is 9.69 Å². The first-order chi connectivity index (χ1) is 9.67. The monoisotopic (exact) mass is 268 g/mol. The molecule has 1 N–H and O–H groups in total. The van der Waals surface area contributed by atoms with Crippen molar-refractivity contribution in [3.05, 3.63) is 35.5 Å². The average Bonchev–Trinajstić information content (AvgIpc) is 2.71. The lowest BCUT2D eigenvalue weighted by Crippen LogP contribution is -2.34. The number of rotatable bonds is 0. The summed E-state index contributed by atoms with van der Waals surface area (Å²) in [5, 5.41) is 1.21. The third-order valence-electron chi connectivity index (χ3n) is 5.15.